The Hall–Kier alpha value is -2.62. The molecule has 1 amide bonds. The molecule has 2 aromatic carbocycles. The van der Waals surface area contributed by atoms with E-state index in [9.17, 15) is 4.79 Å². The van der Waals surface area contributed by atoms with E-state index < -0.39 is 0 Å². The van der Waals surface area contributed by atoms with Crippen molar-refractivity contribution in [2.75, 3.05) is 11.1 Å². The van der Waals surface area contributed by atoms with Crippen molar-refractivity contribution in [3.63, 3.8) is 0 Å². The number of aromatic nitrogens is 4. The first kappa shape index (κ1) is 20.6. The van der Waals surface area contributed by atoms with E-state index in [-0.39, 0.29) is 18.3 Å². The van der Waals surface area contributed by atoms with Crippen LogP contribution in [0.3, 0.4) is 0 Å². The van der Waals surface area contributed by atoms with Crippen LogP contribution in [0.4, 0.5) is 5.13 Å². The summed E-state index contributed by atoms with van der Waals surface area (Å²) < 4.78 is 8.62. The predicted molar refractivity (Wildman–Crippen MR) is 120 cm³/mol. The van der Waals surface area contributed by atoms with Crippen LogP contribution >= 0.6 is 34.7 Å². The Morgan fingerprint density at radius 1 is 1.27 bits per heavy atom. The van der Waals surface area contributed by atoms with Crippen molar-refractivity contribution in [1.82, 2.24) is 19.7 Å². The number of nitrogens with zero attached hydrogens (tertiary/aromatic N) is 4. The molecule has 0 saturated carbocycles. The highest BCUT2D eigenvalue weighted by atomic mass is 35.5. The molecule has 2 heterocycles. The lowest BCUT2D eigenvalue weighted by molar-refractivity contribution is -0.113. The Morgan fingerprint density at radius 3 is 2.93 bits per heavy atom. The summed E-state index contributed by atoms with van der Waals surface area (Å²) in [5, 5.41) is 12.9. The van der Waals surface area contributed by atoms with Crippen molar-refractivity contribution in [3.8, 4) is 5.75 Å². The number of fused-ring (bicyclic) bond motifs is 1. The first-order valence-corrected chi connectivity index (χ1v) is 11.2. The number of carbonyl (C=O) groups is 1. The third-order valence-electron chi connectivity index (χ3n) is 4.24. The highest BCUT2D eigenvalue weighted by Crippen LogP contribution is 2.27. The summed E-state index contributed by atoms with van der Waals surface area (Å²) in [5.41, 5.74) is 1.93. The molecule has 0 aliphatic carbocycles. The molecule has 4 aromatic rings. The van der Waals surface area contributed by atoms with E-state index in [4.69, 9.17) is 16.3 Å². The molecule has 4 rings (SSSR count). The van der Waals surface area contributed by atoms with Crippen LogP contribution in [0.5, 0.6) is 5.75 Å². The number of nitrogens with one attached hydrogen (secondary N) is 1. The lowest BCUT2D eigenvalue weighted by atomic mass is 10.2. The molecule has 0 radical (unpaired) electrons. The molecule has 10 heteroatoms. The molecule has 7 nitrogen and oxygen atoms in total. The molecule has 0 spiro atoms. The van der Waals surface area contributed by atoms with Crippen molar-refractivity contribution >= 4 is 56.0 Å². The van der Waals surface area contributed by atoms with E-state index in [0.29, 0.717) is 26.9 Å². The van der Waals surface area contributed by atoms with Crippen LogP contribution in [0.2, 0.25) is 5.02 Å². The van der Waals surface area contributed by atoms with E-state index in [1.54, 1.807) is 10.6 Å². The predicted octanol–water partition coefficient (Wildman–Crippen LogP) is 4.70. The van der Waals surface area contributed by atoms with E-state index in [2.05, 4.69) is 20.5 Å². The minimum Gasteiger partial charge on any atom is -0.484 e. The quantitative estimate of drug-likeness (QED) is 0.403. The van der Waals surface area contributed by atoms with Gasteiger partial charge in [-0.2, -0.15) is 0 Å². The smallest absolute Gasteiger partial charge is 0.236 e. The Morgan fingerprint density at radius 2 is 2.10 bits per heavy atom. The summed E-state index contributed by atoms with van der Waals surface area (Å²) in [5.74, 6) is 1.30. The molecule has 2 aromatic heterocycles. The van der Waals surface area contributed by atoms with Crippen LogP contribution < -0.4 is 10.1 Å². The maximum atomic E-state index is 12.3. The first-order chi connectivity index (χ1) is 14.5. The molecule has 0 aliphatic rings. The average Bonchev–Trinajstić information content (AvgIpc) is 3.29. The monoisotopic (exact) mass is 459 g/mol. The number of thiazole rings is 1. The number of anilines is 1. The van der Waals surface area contributed by atoms with Gasteiger partial charge in [-0.25, -0.2) is 4.98 Å². The molecular weight excluding hydrogens is 442 g/mol. The molecule has 0 bridgehead atoms. The normalized spacial score (nSPS) is 11.0. The SMILES string of the molecule is Cc1ccc(Cl)c(OCc2nnc(SCC(=O)Nc3nc4ccccc4s3)n2C)c1. The van der Waals surface area contributed by atoms with Gasteiger partial charge in [-0.1, -0.05) is 52.9 Å². The van der Waals surface area contributed by atoms with Crippen LogP contribution in [0, 0.1) is 6.92 Å². The number of carbonyl (C=O) groups excluding carboxylic acids is 1. The molecular formula is C20H18ClN5O2S2. The minimum absolute atomic E-state index is 0.147. The number of thioether (sulfide) groups is 1. The summed E-state index contributed by atoms with van der Waals surface area (Å²) in [7, 11) is 1.84. The third kappa shape index (κ3) is 4.75. The second kappa shape index (κ2) is 9.03. The zero-order valence-corrected chi connectivity index (χ0v) is 18.6. The molecule has 1 N–H and O–H groups in total. The zero-order chi connectivity index (χ0) is 21.1. The van der Waals surface area contributed by atoms with Gasteiger partial charge in [-0.3, -0.25) is 4.79 Å². The third-order valence-corrected chi connectivity index (χ3v) is 6.53. The lowest BCUT2D eigenvalue weighted by Crippen LogP contribution is -2.14. The highest BCUT2D eigenvalue weighted by Gasteiger charge is 2.14. The average molecular weight is 460 g/mol. The van der Waals surface area contributed by atoms with Crippen molar-refractivity contribution in [1.29, 1.82) is 0 Å². The maximum absolute atomic E-state index is 12.3. The van der Waals surface area contributed by atoms with Crippen LogP contribution in [0.15, 0.2) is 47.6 Å². The number of amides is 1. The van der Waals surface area contributed by atoms with E-state index in [1.807, 2.05) is 50.4 Å². The summed E-state index contributed by atoms with van der Waals surface area (Å²) in [4.78, 5) is 16.7. The fourth-order valence-electron chi connectivity index (χ4n) is 2.67. The zero-order valence-electron chi connectivity index (χ0n) is 16.3. The summed E-state index contributed by atoms with van der Waals surface area (Å²) in [6.45, 7) is 2.20. The van der Waals surface area contributed by atoms with Crippen molar-refractivity contribution in [2.45, 2.75) is 18.7 Å². The molecule has 154 valence electrons. The number of hydrogen-bond donors (Lipinski definition) is 1. The number of benzene rings is 2. The minimum atomic E-state index is -0.147. The van der Waals surface area contributed by atoms with Gasteiger partial charge in [0.05, 0.1) is 21.0 Å². The number of aryl methyl sites for hydroxylation is 1. The van der Waals surface area contributed by atoms with Crippen molar-refractivity contribution < 1.29 is 9.53 Å². The second-order valence-corrected chi connectivity index (χ2v) is 8.88. The van der Waals surface area contributed by atoms with Gasteiger partial charge in [0, 0.05) is 7.05 Å². The van der Waals surface area contributed by atoms with Gasteiger partial charge in [0.15, 0.2) is 16.1 Å². The van der Waals surface area contributed by atoms with Gasteiger partial charge in [-0.05, 0) is 36.8 Å². The van der Waals surface area contributed by atoms with E-state index in [1.165, 1.54) is 23.1 Å². The van der Waals surface area contributed by atoms with Gasteiger partial charge in [0.2, 0.25) is 5.91 Å². The standard InChI is InChI=1S/C20H18ClN5O2S2/c1-12-7-8-13(21)15(9-12)28-10-17-24-25-20(26(17)2)29-11-18(27)23-19-22-14-5-3-4-6-16(14)30-19/h3-9H,10-11H2,1-2H3,(H,22,23,27). The molecule has 0 unspecified atom stereocenters. The van der Waals surface area contributed by atoms with Crippen LogP contribution in [-0.2, 0) is 18.4 Å². The fraction of sp³-hybridized carbons (Fsp3) is 0.200. The number of halogens is 1. The fourth-order valence-corrected chi connectivity index (χ4v) is 4.46. The second-order valence-electron chi connectivity index (χ2n) is 6.50. The Labute approximate surface area is 186 Å². The first-order valence-electron chi connectivity index (χ1n) is 9.05. The van der Waals surface area contributed by atoms with Crippen LogP contribution in [0.1, 0.15) is 11.4 Å². The van der Waals surface area contributed by atoms with Crippen molar-refractivity contribution in [3.05, 3.63) is 58.9 Å². The molecule has 30 heavy (non-hydrogen) atoms. The van der Waals surface area contributed by atoms with Crippen molar-refractivity contribution in [2.24, 2.45) is 7.05 Å². The molecule has 0 atom stereocenters. The molecule has 0 fully saturated rings. The highest BCUT2D eigenvalue weighted by molar-refractivity contribution is 7.99. The Bertz CT molecular complexity index is 1170. The van der Waals surface area contributed by atoms with Gasteiger partial charge in [-0.15, -0.1) is 10.2 Å². The van der Waals surface area contributed by atoms with E-state index in [0.717, 1.165) is 15.8 Å². The maximum Gasteiger partial charge on any atom is 0.236 e. The van der Waals surface area contributed by atoms with Crippen LogP contribution in [-0.4, -0.2) is 31.4 Å². The lowest BCUT2D eigenvalue weighted by Gasteiger charge is -2.09. The van der Waals surface area contributed by atoms with Crippen LogP contribution in [0.25, 0.3) is 10.2 Å². The number of hydrogen-bond acceptors (Lipinski definition) is 7. The van der Waals surface area contributed by atoms with E-state index >= 15 is 0 Å². The number of rotatable bonds is 7. The molecule has 0 saturated heterocycles. The largest absolute Gasteiger partial charge is 0.484 e. The summed E-state index contributed by atoms with van der Waals surface area (Å²) in [6.07, 6.45) is 0. The number of para-hydroxylation sites is 1. The van der Waals surface area contributed by atoms with Gasteiger partial charge in [0.25, 0.3) is 0 Å². The summed E-state index contributed by atoms with van der Waals surface area (Å²) >= 11 is 8.91. The molecule has 0 aliphatic heterocycles. The Balaban J connectivity index is 1.33. The van der Waals surface area contributed by atoms with Gasteiger partial charge in [0.1, 0.15) is 12.4 Å². The summed E-state index contributed by atoms with van der Waals surface area (Å²) in [6, 6.07) is 13.4. The Kier molecular flexibility index (Phi) is 6.21. The van der Waals surface area contributed by atoms with Gasteiger partial charge >= 0.3 is 0 Å². The number of ether oxygens (including phenoxy) is 1. The van der Waals surface area contributed by atoms with Gasteiger partial charge < -0.3 is 14.6 Å². The topological polar surface area (TPSA) is 81.9 Å².